The van der Waals surface area contributed by atoms with Crippen LogP contribution in [0.15, 0.2) is 25.0 Å². The van der Waals surface area contributed by atoms with Gasteiger partial charge in [0.15, 0.2) is 5.82 Å². The van der Waals surface area contributed by atoms with E-state index < -0.39 is 0 Å². The fourth-order valence-corrected chi connectivity index (χ4v) is 3.67. The second-order valence-corrected chi connectivity index (χ2v) is 7.21. The molecular formula is C18H26N6O2. The average molecular weight is 358 g/mol. The fourth-order valence-electron chi connectivity index (χ4n) is 3.67. The van der Waals surface area contributed by atoms with Crippen molar-refractivity contribution in [2.75, 3.05) is 20.1 Å². The molecule has 2 aromatic heterocycles. The van der Waals surface area contributed by atoms with Crippen LogP contribution in [0, 0.1) is 0 Å². The molecule has 140 valence electrons. The fraction of sp³-hybridized carbons (Fsp3) is 0.667. The van der Waals surface area contributed by atoms with Crippen LogP contribution < -0.4 is 4.74 Å². The summed E-state index contributed by atoms with van der Waals surface area (Å²) in [5.74, 6) is 1.19. The van der Waals surface area contributed by atoms with Crippen molar-refractivity contribution in [2.24, 2.45) is 0 Å². The number of rotatable bonds is 5. The van der Waals surface area contributed by atoms with Crippen LogP contribution in [0.25, 0.3) is 5.82 Å². The van der Waals surface area contributed by atoms with Crippen molar-refractivity contribution in [1.82, 2.24) is 29.6 Å². The van der Waals surface area contributed by atoms with E-state index in [0.29, 0.717) is 23.9 Å². The molecule has 0 spiro atoms. The van der Waals surface area contributed by atoms with Gasteiger partial charge in [-0.15, -0.1) is 0 Å². The first-order valence-electron chi connectivity index (χ1n) is 9.44. The van der Waals surface area contributed by atoms with Gasteiger partial charge in [0.2, 0.25) is 5.88 Å². The SMILES string of the molecule is CN1CCC(O[C@H]2CC[C@H](Oc3cnc(-n4cncn4)cn3)CC2)CC1. The first-order chi connectivity index (χ1) is 12.8. The van der Waals surface area contributed by atoms with Crippen LogP contribution in [0.2, 0.25) is 0 Å². The van der Waals surface area contributed by atoms with Crippen LogP contribution in [0.5, 0.6) is 5.88 Å². The Balaban J connectivity index is 1.22. The predicted octanol–water partition coefficient (Wildman–Crippen LogP) is 1.86. The summed E-state index contributed by atoms with van der Waals surface area (Å²) in [5, 5.41) is 4.04. The summed E-state index contributed by atoms with van der Waals surface area (Å²) in [6, 6.07) is 0. The van der Waals surface area contributed by atoms with E-state index in [0.717, 1.165) is 51.6 Å². The second-order valence-electron chi connectivity index (χ2n) is 7.21. The molecule has 0 radical (unpaired) electrons. The molecule has 0 bridgehead atoms. The molecular weight excluding hydrogens is 332 g/mol. The maximum atomic E-state index is 6.31. The summed E-state index contributed by atoms with van der Waals surface area (Å²) >= 11 is 0. The zero-order valence-electron chi connectivity index (χ0n) is 15.2. The number of likely N-dealkylation sites (tertiary alicyclic amines) is 1. The number of ether oxygens (including phenoxy) is 2. The first kappa shape index (κ1) is 17.4. The summed E-state index contributed by atoms with van der Waals surface area (Å²) in [4.78, 5) is 14.9. The molecule has 1 saturated heterocycles. The maximum Gasteiger partial charge on any atom is 0.232 e. The van der Waals surface area contributed by atoms with E-state index in [2.05, 4.69) is 32.0 Å². The molecule has 3 heterocycles. The highest BCUT2D eigenvalue weighted by atomic mass is 16.5. The number of aromatic nitrogens is 5. The summed E-state index contributed by atoms with van der Waals surface area (Å²) in [7, 11) is 2.18. The average Bonchev–Trinajstić information content (AvgIpc) is 3.21. The number of piperidine rings is 1. The van der Waals surface area contributed by atoms with Crippen molar-refractivity contribution in [2.45, 2.75) is 56.8 Å². The van der Waals surface area contributed by atoms with Crippen molar-refractivity contribution in [3.05, 3.63) is 25.0 Å². The molecule has 0 N–H and O–H groups in total. The van der Waals surface area contributed by atoms with Crippen LogP contribution in [0.4, 0.5) is 0 Å². The minimum Gasteiger partial charge on any atom is -0.473 e. The quantitative estimate of drug-likeness (QED) is 0.807. The second kappa shape index (κ2) is 8.09. The molecule has 8 heteroatoms. The molecule has 1 saturated carbocycles. The minimum atomic E-state index is 0.193. The normalized spacial score (nSPS) is 25.3. The van der Waals surface area contributed by atoms with E-state index in [1.807, 2.05) is 0 Å². The Kier molecular flexibility index (Phi) is 5.40. The van der Waals surface area contributed by atoms with E-state index >= 15 is 0 Å². The molecule has 26 heavy (non-hydrogen) atoms. The highest BCUT2D eigenvalue weighted by Gasteiger charge is 2.27. The molecule has 2 aromatic rings. The molecule has 1 aliphatic carbocycles. The molecule has 2 fully saturated rings. The van der Waals surface area contributed by atoms with Crippen LogP contribution in [-0.2, 0) is 4.74 Å². The van der Waals surface area contributed by atoms with E-state index in [1.54, 1.807) is 23.4 Å². The Bertz CT molecular complexity index is 661. The largest absolute Gasteiger partial charge is 0.473 e. The van der Waals surface area contributed by atoms with Crippen LogP contribution in [-0.4, -0.2) is 68.1 Å². The van der Waals surface area contributed by atoms with Gasteiger partial charge in [0.05, 0.1) is 24.6 Å². The lowest BCUT2D eigenvalue weighted by Crippen LogP contribution is -2.37. The zero-order valence-corrected chi connectivity index (χ0v) is 15.2. The van der Waals surface area contributed by atoms with Gasteiger partial charge in [0.25, 0.3) is 0 Å². The monoisotopic (exact) mass is 358 g/mol. The maximum absolute atomic E-state index is 6.31. The Morgan fingerprint density at radius 2 is 1.65 bits per heavy atom. The third-order valence-electron chi connectivity index (χ3n) is 5.23. The lowest BCUT2D eigenvalue weighted by atomic mass is 9.94. The topological polar surface area (TPSA) is 78.2 Å². The van der Waals surface area contributed by atoms with E-state index in [1.165, 1.54) is 6.33 Å². The van der Waals surface area contributed by atoms with Crippen LogP contribution >= 0.6 is 0 Å². The van der Waals surface area contributed by atoms with Gasteiger partial charge in [-0.3, -0.25) is 0 Å². The Labute approximate surface area is 153 Å². The van der Waals surface area contributed by atoms with Gasteiger partial charge in [0.1, 0.15) is 18.8 Å². The Morgan fingerprint density at radius 1 is 0.923 bits per heavy atom. The summed E-state index contributed by atoms with van der Waals surface area (Å²) in [6.45, 7) is 2.29. The van der Waals surface area contributed by atoms with Gasteiger partial charge < -0.3 is 14.4 Å². The molecule has 0 unspecified atom stereocenters. The highest BCUT2D eigenvalue weighted by Crippen LogP contribution is 2.27. The lowest BCUT2D eigenvalue weighted by molar-refractivity contribution is -0.0646. The lowest BCUT2D eigenvalue weighted by Gasteiger charge is -2.34. The first-order valence-corrected chi connectivity index (χ1v) is 9.44. The number of hydrogen-bond acceptors (Lipinski definition) is 7. The highest BCUT2D eigenvalue weighted by molar-refractivity contribution is 5.18. The molecule has 4 rings (SSSR count). The van der Waals surface area contributed by atoms with Crippen LogP contribution in [0.1, 0.15) is 38.5 Å². The van der Waals surface area contributed by atoms with Gasteiger partial charge >= 0.3 is 0 Å². The van der Waals surface area contributed by atoms with Gasteiger partial charge in [-0.2, -0.15) is 5.10 Å². The van der Waals surface area contributed by atoms with Crippen molar-refractivity contribution in [3.8, 4) is 11.7 Å². The van der Waals surface area contributed by atoms with Crippen molar-refractivity contribution < 1.29 is 9.47 Å². The number of nitrogens with zero attached hydrogens (tertiary/aromatic N) is 6. The zero-order chi connectivity index (χ0) is 17.8. The van der Waals surface area contributed by atoms with Gasteiger partial charge in [0, 0.05) is 13.1 Å². The van der Waals surface area contributed by atoms with E-state index in [4.69, 9.17) is 9.47 Å². The Hall–Kier alpha value is -2.06. The molecule has 1 aliphatic heterocycles. The predicted molar refractivity (Wildman–Crippen MR) is 95.2 cm³/mol. The van der Waals surface area contributed by atoms with Crippen LogP contribution in [0.3, 0.4) is 0 Å². The third kappa shape index (κ3) is 4.37. The summed E-state index contributed by atoms with van der Waals surface area (Å²) < 4.78 is 13.9. The smallest absolute Gasteiger partial charge is 0.232 e. The van der Waals surface area contributed by atoms with Gasteiger partial charge in [-0.25, -0.2) is 19.6 Å². The molecule has 0 amide bonds. The summed E-state index contributed by atoms with van der Waals surface area (Å²) in [6.07, 6.45) is 13.8. The number of hydrogen-bond donors (Lipinski definition) is 0. The standard InChI is InChI=1S/C18H26N6O2/c1-23-8-6-16(7-9-23)25-14-2-4-15(5-3-14)26-18-11-20-17(10-21-18)24-13-19-12-22-24/h10-16H,2-9H2,1H3/t14-,15-. The van der Waals surface area contributed by atoms with Gasteiger partial charge in [-0.1, -0.05) is 0 Å². The molecule has 2 aliphatic rings. The minimum absolute atomic E-state index is 0.193. The third-order valence-corrected chi connectivity index (χ3v) is 5.23. The molecule has 8 nitrogen and oxygen atoms in total. The van der Waals surface area contributed by atoms with Crippen molar-refractivity contribution in [1.29, 1.82) is 0 Å². The van der Waals surface area contributed by atoms with E-state index in [-0.39, 0.29) is 6.10 Å². The van der Waals surface area contributed by atoms with Crippen molar-refractivity contribution >= 4 is 0 Å². The van der Waals surface area contributed by atoms with E-state index in [9.17, 15) is 0 Å². The Morgan fingerprint density at radius 3 is 2.31 bits per heavy atom. The van der Waals surface area contributed by atoms with Crippen molar-refractivity contribution in [3.63, 3.8) is 0 Å². The molecule has 0 atom stereocenters. The van der Waals surface area contributed by atoms with Gasteiger partial charge in [-0.05, 0) is 45.6 Å². The molecule has 0 aromatic carbocycles. The summed E-state index contributed by atoms with van der Waals surface area (Å²) in [5.41, 5.74) is 0.